The Balaban J connectivity index is 1.67. The van der Waals surface area contributed by atoms with Crippen LogP contribution in [0.25, 0.3) is 11.5 Å². The zero-order valence-electron chi connectivity index (χ0n) is 15.2. The lowest BCUT2D eigenvalue weighted by molar-refractivity contribution is 0.682. The molecule has 2 aromatic carbocycles. The van der Waals surface area contributed by atoms with Gasteiger partial charge >= 0.3 is 0 Å². The highest BCUT2D eigenvalue weighted by atomic mass is 35.5. The Morgan fingerprint density at radius 3 is 2.38 bits per heavy atom. The Bertz CT molecular complexity index is 1120. The summed E-state index contributed by atoms with van der Waals surface area (Å²) in [5.41, 5.74) is 1.38. The summed E-state index contributed by atoms with van der Waals surface area (Å²) in [6, 6.07) is 24.5. The van der Waals surface area contributed by atoms with E-state index < -0.39 is 10.8 Å². The first-order chi connectivity index (χ1) is 14.2. The monoisotopic (exact) mass is 437 g/mol. The summed E-state index contributed by atoms with van der Waals surface area (Å²) in [5.74, 6) is 0.807. The minimum absolute atomic E-state index is 0.284. The fourth-order valence-corrected chi connectivity index (χ4v) is 4.63. The van der Waals surface area contributed by atoms with Crippen LogP contribution in [0.4, 0.5) is 0 Å². The van der Waals surface area contributed by atoms with Gasteiger partial charge in [-0.05, 0) is 54.6 Å². The molecule has 0 aliphatic heterocycles. The zero-order chi connectivity index (χ0) is 20.1. The first-order valence-electron chi connectivity index (χ1n) is 8.83. The van der Waals surface area contributed by atoms with Crippen molar-refractivity contribution in [2.45, 2.75) is 20.6 Å². The molecule has 0 saturated carbocycles. The van der Waals surface area contributed by atoms with Gasteiger partial charge in [0.25, 0.3) is 0 Å². The van der Waals surface area contributed by atoms with Gasteiger partial charge in [0.2, 0.25) is 0 Å². The molecule has 0 aliphatic rings. The second-order valence-electron chi connectivity index (χ2n) is 6.09. The van der Waals surface area contributed by atoms with Crippen LogP contribution in [0.15, 0.2) is 99.9 Å². The second kappa shape index (κ2) is 9.31. The molecule has 0 saturated heterocycles. The van der Waals surface area contributed by atoms with E-state index in [4.69, 9.17) is 11.6 Å². The van der Waals surface area contributed by atoms with Gasteiger partial charge in [-0.2, -0.15) is 0 Å². The average Bonchev–Trinajstić information content (AvgIpc) is 2.75. The number of rotatable bonds is 6. The van der Waals surface area contributed by atoms with Crippen molar-refractivity contribution in [3.05, 3.63) is 95.8 Å². The van der Waals surface area contributed by atoms with Crippen LogP contribution in [0, 0.1) is 0 Å². The third-order valence-electron chi connectivity index (χ3n) is 3.97. The van der Waals surface area contributed by atoms with Gasteiger partial charge in [0.1, 0.15) is 10.7 Å². The third kappa shape index (κ3) is 5.29. The summed E-state index contributed by atoms with van der Waals surface area (Å²) in [4.78, 5) is 15.4. The maximum absolute atomic E-state index is 12.8. The maximum Gasteiger partial charge on any atom is 0.179 e. The quantitative estimate of drug-likeness (QED) is 0.365. The number of hydrogen-bond donors (Lipinski definition) is 0. The van der Waals surface area contributed by atoms with Crippen LogP contribution < -0.4 is 0 Å². The number of pyridine rings is 1. The first-order valence-corrected chi connectivity index (χ1v) is 11.3. The summed E-state index contributed by atoms with van der Waals surface area (Å²) >= 11 is 7.47. The number of halogens is 1. The van der Waals surface area contributed by atoms with Crippen LogP contribution in [-0.2, 0) is 16.6 Å². The van der Waals surface area contributed by atoms with Crippen molar-refractivity contribution in [1.29, 1.82) is 0 Å². The molecule has 0 unspecified atom stereocenters. The largest absolute Gasteiger partial charge is 0.254 e. The lowest BCUT2D eigenvalue weighted by Crippen LogP contribution is -2.03. The molecule has 0 bridgehead atoms. The molecule has 2 aromatic heterocycles. The summed E-state index contributed by atoms with van der Waals surface area (Å²) in [6.45, 7) is 0. The number of nitrogens with zero attached hydrogens (tertiary/aromatic N) is 3. The summed E-state index contributed by atoms with van der Waals surface area (Å²) in [5, 5.41) is 1.40. The molecule has 0 fully saturated rings. The van der Waals surface area contributed by atoms with E-state index in [2.05, 4.69) is 15.0 Å². The molecule has 4 rings (SSSR count). The van der Waals surface area contributed by atoms with E-state index in [0.29, 0.717) is 27.1 Å². The molecule has 0 spiro atoms. The SMILES string of the molecule is O=[S@@](Cc1cc(Sc2ccccc2)nc(-c2ccccn2)n1)c1ccc(Cl)cc1. The van der Waals surface area contributed by atoms with Gasteiger partial charge in [-0.15, -0.1) is 0 Å². The lowest BCUT2D eigenvalue weighted by Gasteiger charge is -2.08. The van der Waals surface area contributed by atoms with Gasteiger partial charge < -0.3 is 0 Å². The van der Waals surface area contributed by atoms with Crippen molar-refractivity contribution < 1.29 is 4.21 Å². The predicted octanol–water partition coefficient (Wildman–Crippen LogP) is 5.65. The average molecular weight is 438 g/mol. The lowest BCUT2D eigenvalue weighted by atomic mass is 10.3. The molecule has 0 N–H and O–H groups in total. The van der Waals surface area contributed by atoms with Crippen molar-refractivity contribution in [3.63, 3.8) is 0 Å². The third-order valence-corrected chi connectivity index (χ3v) is 6.50. The maximum atomic E-state index is 12.8. The molecule has 1 atom stereocenters. The van der Waals surface area contributed by atoms with Crippen LogP contribution in [0.1, 0.15) is 5.69 Å². The Kier molecular flexibility index (Phi) is 6.34. The van der Waals surface area contributed by atoms with Crippen molar-refractivity contribution in [1.82, 2.24) is 15.0 Å². The normalized spacial score (nSPS) is 11.9. The summed E-state index contributed by atoms with van der Waals surface area (Å²) in [6.07, 6.45) is 1.71. The number of benzene rings is 2. The minimum atomic E-state index is -1.24. The van der Waals surface area contributed by atoms with E-state index in [1.54, 1.807) is 42.2 Å². The molecule has 7 heteroatoms. The van der Waals surface area contributed by atoms with E-state index in [9.17, 15) is 4.21 Å². The Labute approximate surface area is 180 Å². The van der Waals surface area contributed by atoms with E-state index in [0.717, 1.165) is 9.92 Å². The molecule has 0 aliphatic carbocycles. The Hall–Kier alpha value is -2.54. The fraction of sp³-hybridized carbons (Fsp3) is 0.0455. The minimum Gasteiger partial charge on any atom is -0.254 e. The molecule has 0 radical (unpaired) electrons. The highest BCUT2D eigenvalue weighted by Crippen LogP contribution is 2.28. The van der Waals surface area contributed by atoms with Crippen LogP contribution in [0.5, 0.6) is 0 Å². The molecule has 144 valence electrons. The van der Waals surface area contributed by atoms with Crippen LogP contribution in [-0.4, -0.2) is 19.2 Å². The van der Waals surface area contributed by atoms with E-state index in [-0.39, 0.29) is 5.75 Å². The van der Waals surface area contributed by atoms with Gasteiger partial charge in [-0.3, -0.25) is 9.19 Å². The number of hydrogen-bond acceptors (Lipinski definition) is 5. The zero-order valence-corrected chi connectivity index (χ0v) is 17.6. The molecule has 29 heavy (non-hydrogen) atoms. The smallest absolute Gasteiger partial charge is 0.179 e. The first kappa shape index (κ1) is 19.8. The molecule has 0 amide bonds. The van der Waals surface area contributed by atoms with E-state index in [1.807, 2.05) is 54.6 Å². The molecular formula is C22H16ClN3OS2. The molecular weight excluding hydrogens is 422 g/mol. The fourth-order valence-electron chi connectivity index (χ4n) is 2.62. The van der Waals surface area contributed by atoms with Gasteiger partial charge in [-0.1, -0.05) is 47.6 Å². The van der Waals surface area contributed by atoms with Gasteiger partial charge in [0.15, 0.2) is 5.82 Å². The summed E-state index contributed by atoms with van der Waals surface area (Å²) in [7, 11) is -1.24. The topological polar surface area (TPSA) is 55.7 Å². The molecule has 4 aromatic rings. The Morgan fingerprint density at radius 1 is 0.897 bits per heavy atom. The number of aromatic nitrogens is 3. The van der Waals surface area contributed by atoms with Crippen LogP contribution in [0.2, 0.25) is 5.02 Å². The standard InChI is InChI=1S/C22H16ClN3OS2/c23-16-9-11-19(12-10-16)29(27)15-17-14-21(28-18-6-2-1-3-7-18)26-22(25-17)20-8-4-5-13-24-20/h1-14H,15H2/t29-/m0/s1. The van der Waals surface area contributed by atoms with Crippen LogP contribution in [0.3, 0.4) is 0 Å². The van der Waals surface area contributed by atoms with Gasteiger partial charge in [0.05, 0.1) is 22.2 Å². The highest BCUT2D eigenvalue weighted by molar-refractivity contribution is 7.99. The van der Waals surface area contributed by atoms with E-state index >= 15 is 0 Å². The molecule has 4 nitrogen and oxygen atoms in total. The van der Waals surface area contributed by atoms with Crippen molar-refractivity contribution in [3.8, 4) is 11.5 Å². The second-order valence-corrected chi connectivity index (χ2v) is 9.08. The predicted molar refractivity (Wildman–Crippen MR) is 117 cm³/mol. The van der Waals surface area contributed by atoms with Crippen molar-refractivity contribution in [2.24, 2.45) is 0 Å². The van der Waals surface area contributed by atoms with Gasteiger partial charge in [0, 0.05) is 21.0 Å². The summed E-state index contributed by atoms with van der Waals surface area (Å²) < 4.78 is 12.8. The Morgan fingerprint density at radius 2 is 1.66 bits per heavy atom. The van der Waals surface area contributed by atoms with Crippen molar-refractivity contribution >= 4 is 34.2 Å². The van der Waals surface area contributed by atoms with Crippen molar-refractivity contribution in [2.75, 3.05) is 0 Å². The molecule has 2 heterocycles. The van der Waals surface area contributed by atoms with E-state index in [1.165, 1.54) is 0 Å². The highest BCUT2D eigenvalue weighted by Gasteiger charge is 2.13. The van der Waals surface area contributed by atoms with Crippen LogP contribution >= 0.6 is 23.4 Å². The van der Waals surface area contributed by atoms with Gasteiger partial charge in [-0.25, -0.2) is 9.97 Å².